The Balaban J connectivity index is 1.91. The second-order valence-electron chi connectivity index (χ2n) is 4.96. The molecule has 8 heteroatoms. The summed E-state index contributed by atoms with van der Waals surface area (Å²) in [5.74, 6) is -0.710. The highest BCUT2D eigenvalue weighted by Crippen LogP contribution is 2.16. The maximum absolute atomic E-state index is 12.1. The van der Waals surface area contributed by atoms with Crippen LogP contribution in [0.2, 0.25) is 0 Å². The smallest absolute Gasteiger partial charge is 0.244 e. The number of primary amides is 1. The van der Waals surface area contributed by atoms with Gasteiger partial charge in [0.05, 0.1) is 11.6 Å². The van der Waals surface area contributed by atoms with Crippen molar-refractivity contribution in [1.29, 1.82) is 0 Å². The fourth-order valence-electron chi connectivity index (χ4n) is 2.32. The van der Waals surface area contributed by atoms with E-state index in [4.69, 9.17) is 10.8 Å². The van der Waals surface area contributed by atoms with E-state index in [1.807, 2.05) is 0 Å². The van der Waals surface area contributed by atoms with Gasteiger partial charge in [-0.25, -0.2) is 4.68 Å². The van der Waals surface area contributed by atoms with Gasteiger partial charge >= 0.3 is 0 Å². The summed E-state index contributed by atoms with van der Waals surface area (Å²) in [7, 11) is 0. The Morgan fingerprint density at radius 1 is 1.50 bits per heavy atom. The average Bonchev–Trinajstić information content (AvgIpc) is 2.86. The summed E-state index contributed by atoms with van der Waals surface area (Å²) in [5.41, 5.74) is 5.94. The van der Waals surface area contributed by atoms with Crippen LogP contribution in [0.3, 0.4) is 0 Å². The Morgan fingerprint density at radius 3 is 3.00 bits per heavy atom. The molecular formula is C12H19N5O3. The van der Waals surface area contributed by atoms with Crippen LogP contribution in [-0.2, 0) is 22.6 Å². The van der Waals surface area contributed by atoms with E-state index in [-0.39, 0.29) is 30.9 Å². The molecule has 3 N–H and O–H groups in total. The molecule has 0 radical (unpaired) electrons. The van der Waals surface area contributed by atoms with Crippen LogP contribution in [-0.4, -0.2) is 56.5 Å². The number of amides is 2. The highest BCUT2D eigenvalue weighted by Gasteiger charge is 2.27. The van der Waals surface area contributed by atoms with Crippen molar-refractivity contribution in [3.05, 3.63) is 11.9 Å². The Morgan fingerprint density at radius 2 is 2.30 bits per heavy atom. The van der Waals surface area contributed by atoms with Crippen molar-refractivity contribution in [2.45, 2.75) is 25.8 Å². The molecule has 1 saturated heterocycles. The summed E-state index contributed by atoms with van der Waals surface area (Å²) in [6, 6.07) is 0. The Hall–Kier alpha value is -1.96. The van der Waals surface area contributed by atoms with Crippen LogP contribution in [0.25, 0.3) is 0 Å². The van der Waals surface area contributed by atoms with Crippen LogP contribution in [0.4, 0.5) is 0 Å². The number of likely N-dealkylation sites (tertiary alicyclic amines) is 1. The van der Waals surface area contributed by atoms with Gasteiger partial charge in [-0.05, 0) is 12.8 Å². The normalized spacial score (nSPS) is 19.1. The van der Waals surface area contributed by atoms with Gasteiger partial charge in [0.2, 0.25) is 11.8 Å². The molecule has 2 heterocycles. The molecular weight excluding hydrogens is 262 g/mol. The zero-order valence-electron chi connectivity index (χ0n) is 11.2. The number of nitrogens with zero attached hydrogens (tertiary/aromatic N) is 4. The lowest BCUT2D eigenvalue weighted by molar-refractivity contribution is -0.135. The van der Waals surface area contributed by atoms with Gasteiger partial charge in [0, 0.05) is 32.3 Å². The molecule has 0 spiro atoms. The highest BCUT2D eigenvalue weighted by molar-refractivity contribution is 5.80. The summed E-state index contributed by atoms with van der Waals surface area (Å²) in [6.07, 6.45) is 3.58. The first kappa shape index (κ1) is 14.4. The van der Waals surface area contributed by atoms with Gasteiger partial charge in [-0.1, -0.05) is 5.21 Å². The fraction of sp³-hybridized carbons (Fsp3) is 0.667. The minimum Gasteiger partial charge on any atom is -0.396 e. The molecule has 8 nitrogen and oxygen atoms in total. The molecule has 1 fully saturated rings. The Kier molecular flexibility index (Phi) is 4.67. The predicted molar refractivity (Wildman–Crippen MR) is 69.3 cm³/mol. The second kappa shape index (κ2) is 6.47. The number of piperidine rings is 1. The first-order valence-corrected chi connectivity index (χ1v) is 6.67. The van der Waals surface area contributed by atoms with Gasteiger partial charge in [-0.3, -0.25) is 9.59 Å². The van der Waals surface area contributed by atoms with Crippen molar-refractivity contribution in [2.75, 3.05) is 19.7 Å². The van der Waals surface area contributed by atoms with Crippen molar-refractivity contribution in [3.63, 3.8) is 0 Å². The van der Waals surface area contributed by atoms with Gasteiger partial charge in [-0.15, -0.1) is 5.10 Å². The first-order chi connectivity index (χ1) is 9.60. The number of hydrogen-bond donors (Lipinski definition) is 2. The third-order valence-electron chi connectivity index (χ3n) is 3.43. The van der Waals surface area contributed by atoms with Crippen molar-refractivity contribution in [3.8, 4) is 0 Å². The molecule has 1 atom stereocenters. The molecule has 0 bridgehead atoms. The zero-order valence-corrected chi connectivity index (χ0v) is 11.2. The molecule has 0 saturated carbocycles. The van der Waals surface area contributed by atoms with E-state index >= 15 is 0 Å². The lowest BCUT2D eigenvalue weighted by atomic mass is 9.97. The molecule has 1 aliphatic rings. The van der Waals surface area contributed by atoms with Crippen LogP contribution < -0.4 is 5.73 Å². The number of aliphatic hydroxyl groups excluding tert-OH is 1. The Bertz CT molecular complexity index is 487. The predicted octanol–water partition coefficient (Wildman–Crippen LogP) is -1.46. The van der Waals surface area contributed by atoms with Crippen LogP contribution in [0.15, 0.2) is 6.20 Å². The van der Waals surface area contributed by atoms with Gasteiger partial charge in [0.15, 0.2) is 0 Å². The Labute approximate surface area is 116 Å². The molecule has 20 heavy (non-hydrogen) atoms. The average molecular weight is 281 g/mol. The van der Waals surface area contributed by atoms with E-state index in [1.165, 1.54) is 4.68 Å². The van der Waals surface area contributed by atoms with Crippen LogP contribution in [0.1, 0.15) is 18.5 Å². The summed E-state index contributed by atoms with van der Waals surface area (Å²) in [4.78, 5) is 25.0. The van der Waals surface area contributed by atoms with E-state index in [0.29, 0.717) is 25.2 Å². The maximum Gasteiger partial charge on any atom is 0.244 e. The summed E-state index contributed by atoms with van der Waals surface area (Å²) in [5, 5.41) is 16.5. The lowest BCUT2D eigenvalue weighted by Crippen LogP contribution is -2.45. The van der Waals surface area contributed by atoms with Crippen molar-refractivity contribution < 1.29 is 14.7 Å². The third-order valence-corrected chi connectivity index (χ3v) is 3.43. The SMILES string of the molecule is NC(=O)C1CCCN(C(=O)Cn2cc(CCO)nn2)C1. The lowest BCUT2D eigenvalue weighted by Gasteiger charge is -2.31. The number of aromatic nitrogens is 3. The standard InChI is InChI=1S/C12H19N5O3/c13-12(20)9-2-1-4-16(6-9)11(19)8-17-7-10(3-5-18)14-15-17/h7,9,18H,1-6,8H2,(H2,13,20). The number of nitrogens with two attached hydrogens (primary N) is 1. The van der Waals surface area contributed by atoms with E-state index in [1.54, 1.807) is 11.1 Å². The van der Waals surface area contributed by atoms with Crippen LogP contribution >= 0.6 is 0 Å². The van der Waals surface area contributed by atoms with Gasteiger partial charge in [0.1, 0.15) is 6.54 Å². The topological polar surface area (TPSA) is 114 Å². The van der Waals surface area contributed by atoms with E-state index < -0.39 is 0 Å². The molecule has 0 aliphatic carbocycles. The van der Waals surface area contributed by atoms with Gasteiger partial charge in [0.25, 0.3) is 0 Å². The third kappa shape index (κ3) is 3.53. The van der Waals surface area contributed by atoms with Crippen molar-refractivity contribution in [1.82, 2.24) is 19.9 Å². The van der Waals surface area contributed by atoms with Crippen molar-refractivity contribution >= 4 is 11.8 Å². The van der Waals surface area contributed by atoms with E-state index in [9.17, 15) is 9.59 Å². The molecule has 1 aromatic heterocycles. The van der Waals surface area contributed by atoms with Crippen molar-refractivity contribution in [2.24, 2.45) is 11.7 Å². The highest BCUT2D eigenvalue weighted by atomic mass is 16.3. The van der Waals surface area contributed by atoms with Crippen LogP contribution in [0.5, 0.6) is 0 Å². The van der Waals surface area contributed by atoms with Gasteiger partial charge < -0.3 is 15.7 Å². The molecule has 2 amide bonds. The maximum atomic E-state index is 12.1. The number of rotatable bonds is 5. The molecule has 0 aromatic carbocycles. The molecule has 110 valence electrons. The minimum absolute atomic E-state index is 0.000936. The van der Waals surface area contributed by atoms with Gasteiger partial charge in [-0.2, -0.15) is 0 Å². The largest absolute Gasteiger partial charge is 0.396 e. The van der Waals surface area contributed by atoms with E-state index in [2.05, 4.69) is 10.3 Å². The number of carbonyl (C=O) groups excluding carboxylic acids is 2. The second-order valence-corrected chi connectivity index (χ2v) is 4.96. The molecule has 1 unspecified atom stereocenters. The fourth-order valence-corrected chi connectivity index (χ4v) is 2.32. The number of aliphatic hydroxyl groups is 1. The minimum atomic E-state index is -0.353. The first-order valence-electron chi connectivity index (χ1n) is 6.67. The quantitative estimate of drug-likeness (QED) is 0.684. The number of hydrogen-bond acceptors (Lipinski definition) is 5. The monoisotopic (exact) mass is 281 g/mol. The summed E-state index contributed by atoms with van der Waals surface area (Å²) < 4.78 is 1.45. The van der Waals surface area contributed by atoms with Crippen LogP contribution in [0, 0.1) is 5.92 Å². The van der Waals surface area contributed by atoms with E-state index in [0.717, 1.165) is 12.8 Å². The number of carbonyl (C=O) groups is 2. The zero-order chi connectivity index (χ0) is 14.5. The molecule has 2 rings (SSSR count). The summed E-state index contributed by atoms with van der Waals surface area (Å²) in [6.45, 7) is 1.11. The molecule has 1 aliphatic heterocycles. The summed E-state index contributed by atoms with van der Waals surface area (Å²) >= 11 is 0. The molecule has 1 aromatic rings.